The van der Waals surface area contributed by atoms with E-state index in [1.54, 1.807) is 14.2 Å². The maximum atomic E-state index is 13.2. The summed E-state index contributed by atoms with van der Waals surface area (Å²) in [6.07, 6.45) is 0. The number of anilines is 2. The van der Waals surface area contributed by atoms with Gasteiger partial charge in [0.2, 0.25) is 0 Å². The van der Waals surface area contributed by atoms with E-state index in [0.717, 1.165) is 65.9 Å². The molecule has 9 heteroatoms. The van der Waals surface area contributed by atoms with E-state index in [4.69, 9.17) is 9.47 Å². The van der Waals surface area contributed by atoms with Gasteiger partial charge in [-0.2, -0.15) is 5.26 Å². The van der Waals surface area contributed by atoms with Crippen molar-refractivity contribution in [2.45, 2.75) is 26.9 Å². The lowest BCUT2D eigenvalue weighted by Gasteiger charge is -2.13. The molecule has 2 heterocycles. The number of fused-ring (bicyclic) bond motifs is 2. The Morgan fingerprint density at radius 3 is 1.80 bits per heavy atom. The highest BCUT2D eigenvalue weighted by molar-refractivity contribution is 14.1. The van der Waals surface area contributed by atoms with E-state index in [0.29, 0.717) is 23.5 Å². The van der Waals surface area contributed by atoms with Gasteiger partial charge in [0.25, 0.3) is 0 Å². The van der Waals surface area contributed by atoms with Crippen LogP contribution in [-0.2, 0) is 13.1 Å². The molecule has 0 aliphatic heterocycles. The van der Waals surface area contributed by atoms with Crippen molar-refractivity contribution in [1.82, 2.24) is 9.13 Å². The summed E-state index contributed by atoms with van der Waals surface area (Å²) in [5.74, 6) is 1.54. The molecule has 0 radical (unpaired) electrons. The van der Waals surface area contributed by atoms with Gasteiger partial charge in [0.05, 0.1) is 42.2 Å². The van der Waals surface area contributed by atoms with Crippen molar-refractivity contribution in [2.75, 3.05) is 24.9 Å². The molecule has 0 fully saturated rings. The summed E-state index contributed by atoms with van der Waals surface area (Å²) in [6, 6.07) is 29.3. The van der Waals surface area contributed by atoms with Crippen molar-refractivity contribution < 1.29 is 14.3 Å². The van der Waals surface area contributed by atoms with Crippen LogP contribution in [0.25, 0.3) is 44.3 Å². The zero-order valence-corrected chi connectivity index (χ0v) is 27.6. The van der Waals surface area contributed by atoms with Gasteiger partial charge < -0.3 is 29.2 Å². The van der Waals surface area contributed by atoms with E-state index in [2.05, 4.69) is 73.6 Å². The van der Waals surface area contributed by atoms with Crippen molar-refractivity contribution in [1.29, 1.82) is 5.26 Å². The van der Waals surface area contributed by atoms with Gasteiger partial charge in [0, 0.05) is 62.1 Å². The summed E-state index contributed by atoms with van der Waals surface area (Å²) < 4.78 is 16.4. The monoisotopic (exact) mass is 709 g/mol. The summed E-state index contributed by atoms with van der Waals surface area (Å²) in [5.41, 5.74) is 7.65. The number of nitriles is 1. The number of benzene rings is 4. The first-order valence-corrected chi connectivity index (χ1v) is 15.7. The first-order chi connectivity index (χ1) is 21.9. The number of hydrogen-bond acceptors (Lipinski definition) is 4. The molecule has 0 spiro atoms. The molecule has 0 atom stereocenters. The van der Waals surface area contributed by atoms with E-state index in [9.17, 15) is 10.1 Å². The van der Waals surface area contributed by atoms with E-state index in [-0.39, 0.29) is 6.03 Å². The number of rotatable bonds is 8. The van der Waals surface area contributed by atoms with Gasteiger partial charge in [-0.05, 0) is 85.0 Å². The molecule has 6 aromatic rings. The van der Waals surface area contributed by atoms with Crippen LogP contribution in [0.4, 0.5) is 16.2 Å². The maximum absolute atomic E-state index is 13.2. The Hall–Kier alpha value is -4.95. The van der Waals surface area contributed by atoms with Crippen LogP contribution >= 0.6 is 22.6 Å². The fraction of sp³-hybridized carbons (Fsp3) is 0.167. The number of carbonyl (C=O) groups excluding carboxylic acids is 1. The van der Waals surface area contributed by atoms with E-state index in [1.165, 1.54) is 0 Å². The SMILES string of the molecule is CCn1c(-c2cccc(NC(=O)Nc3cccc(-c4c(C#N)c5ccc(OC)cc5n4CC)c3)c2)c(I)c2ccc(OC)cc21. The third-order valence-corrected chi connectivity index (χ3v) is 9.11. The third-order valence-electron chi connectivity index (χ3n) is 8.01. The molecule has 0 aliphatic rings. The zero-order chi connectivity index (χ0) is 31.7. The quantitative estimate of drug-likeness (QED) is 0.154. The van der Waals surface area contributed by atoms with Crippen molar-refractivity contribution >= 4 is 61.8 Å². The second kappa shape index (κ2) is 12.6. The van der Waals surface area contributed by atoms with Gasteiger partial charge in [0.15, 0.2) is 0 Å². The first-order valence-electron chi connectivity index (χ1n) is 14.7. The molecule has 0 saturated carbocycles. The summed E-state index contributed by atoms with van der Waals surface area (Å²) in [4.78, 5) is 13.2. The Bertz CT molecular complexity index is 2120. The predicted octanol–water partition coefficient (Wildman–Crippen LogP) is 9.11. The van der Waals surface area contributed by atoms with Gasteiger partial charge in [0.1, 0.15) is 17.6 Å². The minimum absolute atomic E-state index is 0.360. The number of aromatic nitrogens is 2. The number of hydrogen-bond donors (Lipinski definition) is 2. The Morgan fingerprint density at radius 1 is 0.756 bits per heavy atom. The normalized spacial score (nSPS) is 11.0. The lowest BCUT2D eigenvalue weighted by molar-refractivity contribution is 0.262. The lowest BCUT2D eigenvalue weighted by Crippen LogP contribution is -2.19. The van der Waals surface area contributed by atoms with Crippen LogP contribution < -0.4 is 20.1 Å². The van der Waals surface area contributed by atoms with Crippen LogP contribution in [0.3, 0.4) is 0 Å². The molecule has 45 heavy (non-hydrogen) atoms. The maximum Gasteiger partial charge on any atom is 0.323 e. The van der Waals surface area contributed by atoms with Gasteiger partial charge in [-0.1, -0.05) is 24.3 Å². The molecular formula is C36H32IN5O3. The van der Waals surface area contributed by atoms with E-state index in [1.807, 2.05) is 73.7 Å². The highest BCUT2D eigenvalue weighted by Gasteiger charge is 2.20. The number of amides is 2. The molecule has 0 unspecified atom stereocenters. The van der Waals surface area contributed by atoms with Gasteiger partial charge in [-0.25, -0.2) is 4.79 Å². The highest BCUT2D eigenvalue weighted by atomic mass is 127. The second-order valence-electron chi connectivity index (χ2n) is 10.5. The number of methoxy groups -OCH3 is 2. The van der Waals surface area contributed by atoms with Crippen LogP contribution in [0, 0.1) is 14.9 Å². The van der Waals surface area contributed by atoms with Crippen LogP contribution in [0.5, 0.6) is 11.5 Å². The number of nitrogens with one attached hydrogen (secondary N) is 2. The van der Waals surface area contributed by atoms with Gasteiger partial charge in [-0.15, -0.1) is 0 Å². The Kier molecular flexibility index (Phi) is 8.41. The Balaban J connectivity index is 1.28. The fourth-order valence-electron chi connectivity index (χ4n) is 6.00. The summed E-state index contributed by atoms with van der Waals surface area (Å²) in [7, 11) is 3.31. The van der Waals surface area contributed by atoms with Gasteiger partial charge >= 0.3 is 6.03 Å². The molecule has 2 amide bonds. The topological polar surface area (TPSA) is 93.2 Å². The minimum atomic E-state index is -0.360. The van der Waals surface area contributed by atoms with E-state index >= 15 is 0 Å². The van der Waals surface area contributed by atoms with Gasteiger partial charge in [-0.3, -0.25) is 0 Å². The average Bonchev–Trinajstić information content (AvgIpc) is 3.54. The predicted molar refractivity (Wildman–Crippen MR) is 189 cm³/mol. The molecule has 226 valence electrons. The molecule has 4 aromatic carbocycles. The van der Waals surface area contributed by atoms with Crippen LogP contribution in [-0.4, -0.2) is 29.4 Å². The number of halogens is 1. The zero-order valence-electron chi connectivity index (χ0n) is 25.4. The fourth-order valence-corrected chi connectivity index (χ4v) is 7.06. The first kappa shape index (κ1) is 30.1. The standard InChI is InChI=1S/C36H32IN5O3/c1-5-41-31-19-26(44-3)13-15-28(31)30(21-38)34(41)22-9-7-11-24(17-22)39-36(43)40-25-12-8-10-23(18-25)35-33(37)29-16-14-27(45-4)20-32(29)42(35)6-2/h7-20H,5-6H2,1-4H3,(H2,39,40,43). The molecular weight excluding hydrogens is 677 g/mol. The lowest BCUT2D eigenvalue weighted by atomic mass is 10.1. The van der Waals surface area contributed by atoms with E-state index < -0.39 is 0 Å². The van der Waals surface area contributed by atoms with Crippen molar-refractivity contribution in [2.24, 2.45) is 0 Å². The third kappa shape index (κ3) is 5.46. The number of aryl methyl sites for hydroxylation is 2. The van der Waals surface area contributed by atoms with Crippen molar-refractivity contribution in [3.63, 3.8) is 0 Å². The number of nitrogens with zero attached hydrogens (tertiary/aromatic N) is 3. The van der Waals surface area contributed by atoms with Crippen LogP contribution in [0.15, 0.2) is 84.9 Å². The summed E-state index contributed by atoms with van der Waals surface area (Å²) in [5, 5.41) is 18.1. The summed E-state index contributed by atoms with van der Waals surface area (Å²) in [6.45, 7) is 5.62. The smallest absolute Gasteiger partial charge is 0.323 e. The van der Waals surface area contributed by atoms with Crippen molar-refractivity contribution in [3.05, 3.63) is 94.1 Å². The average molecular weight is 710 g/mol. The molecule has 0 aliphatic carbocycles. The van der Waals surface area contributed by atoms with Crippen LogP contribution in [0.1, 0.15) is 19.4 Å². The van der Waals surface area contributed by atoms with Crippen molar-refractivity contribution in [3.8, 4) is 40.1 Å². The highest BCUT2D eigenvalue weighted by Crippen LogP contribution is 2.38. The number of urea groups is 1. The molecule has 0 bridgehead atoms. The molecule has 2 aromatic heterocycles. The number of ether oxygens (including phenoxy) is 2. The Labute approximate surface area is 275 Å². The minimum Gasteiger partial charge on any atom is -0.497 e. The molecule has 8 nitrogen and oxygen atoms in total. The largest absolute Gasteiger partial charge is 0.497 e. The summed E-state index contributed by atoms with van der Waals surface area (Å²) >= 11 is 2.40. The number of carbonyl (C=O) groups is 1. The Morgan fingerprint density at radius 2 is 1.27 bits per heavy atom. The second-order valence-corrected chi connectivity index (χ2v) is 11.6. The molecule has 2 N–H and O–H groups in total. The van der Waals surface area contributed by atoms with Crippen LogP contribution in [0.2, 0.25) is 0 Å². The molecule has 6 rings (SSSR count). The molecule has 0 saturated heterocycles.